The number of halogens is 1. The average molecular weight is 270 g/mol. The van der Waals surface area contributed by atoms with Gasteiger partial charge in [-0.2, -0.15) is 0 Å². The minimum absolute atomic E-state index is 0.00527. The first-order valence-electron chi connectivity index (χ1n) is 5.22. The molecule has 0 heterocycles. The second-order valence-electron chi connectivity index (χ2n) is 3.59. The molecule has 1 rings (SSSR count). The van der Waals surface area contributed by atoms with Gasteiger partial charge >= 0.3 is 5.97 Å². The molecule has 0 bridgehead atoms. The van der Waals surface area contributed by atoms with Crippen molar-refractivity contribution in [2.24, 2.45) is 0 Å². The van der Waals surface area contributed by atoms with Gasteiger partial charge in [-0.05, 0) is 30.7 Å². The van der Waals surface area contributed by atoms with Gasteiger partial charge in [-0.1, -0.05) is 0 Å². The highest BCUT2D eigenvalue weighted by molar-refractivity contribution is 6.20. The topological polar surface area (TPSA) is 69.4 Å². The van der Waals surface area contributed by atoms with Gasteiger partial charge in [0.1, 0.15) is 6.61 Å². The van der Waals surface area contributed by atoms with Gasteiger partial charge in [0.25, 0.3) is 5.69 Å². The lowest BCUT2D eigenvalue weighted by atomic mass is 10.2. The smallest absolute Gasteiger partial charge is 0.330 e. The summed E-state index contributed by atoms with van der Waals surface area (Å²) in [6, 6.07) is 5.83. The van der Waals surface area contributed by atoms with E-state index in [1.807, 2.05) is 0 Å². The summed E-state index contributed by atoms with van der Waals surface area (Å²) in [5, 5.41) is 10.2. The summed E-state index contributed by atoms with van der Waals surface area (Å²) in [4.78, 5) is 21.2. The minimum atomic E-state index is -0.499. The number of nitrogens with zero attached hydrogens (tertiary/aromatic N) is 1. The van der Waals surface area contributed by atoms with Gasteiger partial charge < -0.3 is 4.74 Å². The molecular formula is C12H12ClNO4. The molecule has 1 atom stereocenters. The first-order valence-corrected chi connectivity index (χ1v) is 5.66. The highest BCUT2D eigenvalue weighted by Crippen LogP contribution is 2.12. The first-order chi connectivity index (χ1) is 8.49. The lowest BCUT2D eigenvalue weighted by molar-refractivity contribution is -0.384. The Bertz CT molecular complexity index is 454. The number of ether oxygens (including phenoxy) is 1. The van der Waals surface area contributed by atoms with Gasteiger partial charge in [0.2, 0.25) is 0 Å². The summed E-state index contributed by atoms with van der Waals surface area (Å²) in [6.45, 7) is 1.86. The summed E-state index contributed by atoms with van der Waals surface area (Å²) in [7, 11) is 0. The third-order valence-electron chi connectivity index (χ3n) is 1.97. The molecule has 5 nitrogen and oxygen atoms in total. The maximum Gasteiger partial charge on any atom is 0.330 e. The molecule has 0 fully saturated rings. The summed E-state index contributed by atoms with van der Waals surface area (Å²) >= 11 is 5.62. The van der Waals surface area contributed by atoms with E-state index in [9.17, 15) is 14.9 Å². The van der Waals surface area contributed by atoms with E-state index in [4.69, 9.17) is 16.3 Å². The predicted molar refractivity (Wildman–Crippen MR) is 68.4 cm³/mol. The number of rotatable bonds is 5. The molecule has 1 aromatic carbocycles. The Morgan fingerprint density at radius 1 is 1.50 bits per heavy atom. The van der Waals surface area contributed by atoms with Crippen LogP contribution in [0.3, 0.4) is 0 Å². The number of nitro groups is 1. The Balaban J connectivity index is 2.56. The second-order valence-corrected chi connectivity index (χ2v) is 4.34. The third kappa shape index (κ3) is 4.97. The number of hydrogen-bond donors (Lipinski definition) is 0. The van der Waals surface area contributed by atoms with Crippen molar-refractivity contribution in [1.29, 1.82) is 0 Å². The van der Waals surface area contributed by atoms with Crippen LogP contribution < -0.4 is 0 Å². The Morgan fingerprint density at radius 2 is 2.11 bits per heavy atom. The lowest BCUT2D eigenvalue weighted by Gasteiger charge is -2.02. The van der Waals surface area contributed by atoms with Crippen LogP contribution >= 0.6 is 11.6 Å². The number of esters is 1. The van der Waals surface area contributed by atoms with Crippen LogP contribution in [0, 0.1) is 10.1 Å². The molecular weight excluding hydrogens is 258 g/mol. The van der Waals surface area contributed by atoms with Crippen molar-refractivity contribution < 1.29 is 14.5 Å². The molecule has 0 amide bonds. The number of carbonyl (C=O) groups is 1. The quantitative estimate of drug-likeness (QED) is 0.271. The standard InChI is InChI=1S/C12H12ClNO4/c1-9(13)8-18-12(15)7-4-10-2-5-11(6-3-10)14(16)17/h2-7,9H,8H2,1H3/b7-4+. The molecule has 0 aliphatic carbocycles. The van der Waals surface area contributed by atoms with E-state index in [-0.39, 0.29) is 17.7 Å². The van der Waals surface area contributed by atoms with E-state index in [1.54, 1.807) is 19.1 Å². The molecule has 0 spiro atoms. The fourth-order valence-electron chi connectivity index (χ4n) is 1.12. The van der Waals surface area contributed by atoms with E-state index in [1.165, 1.54) is 24.3 Å². The molecule has 1 unspecified atom stereocenters. The molecule has 0 aliphatic rings. The van der Waals surface area contributed by atoms with Crippen LogP contribution in [-0.2, 0) is 9.53 Å². The number of nitro benzene ring substituents is 1. The van der Waals surface area contributed by atoms with Gasteiger partial charge in [-0.25, -0.2) is 4.79 Å². The SMILES string of the molecule is CC(Cl)COC(=O)/C=C/c1ccc([N+](=O)[O-])cc1. The van der Waals surface area contributed by atoms with E-state index in [0.29, 0.717) is 5.56 Å². The fraction of sp³-hybridized carbons (Fsp3) is 0.250. The normalized spacial score (nSPS) is 12.3. The van der Waals surface area contributed by atoms with Crippen LogP contribution in [0.25, 0.3) is 6.08 Å². The summed E-state index contributed by atoms with van der Waals surface area (Å²) < 4.78 is 4.82. The van der Waals surface area contributed by atoms with Gasteiger partial charge in [-0.3, -0.25) is 10.1 Å². The van der Waals surface area contributed by atoms with Gasteiger partial charge in [-0.15, -0.1) is 11.6 Å². The first kappa shape index (κ1) is 14.2. The maximum atomic E-state index is 11.2. The van der Waals surface area contributed by atoms with Crippen LogP contribution in [0.15, 0.2) is 30.3 Å². The number of hydrogen-bond acceptors (Lipinski definition) is 4. The molecule has 0 radical (unpaired) electrons. The van der Waals surface area contributed by atoms with Crippen LogP contribution in [0.1, 0.15) is 12.5 Å². The fourth-order valence-corrected chi connectivity index (χ4v) is 1.18. The van der Waals surface area contributed by atoms with Crippen LogP contribution in [-0.4, -0.2) is 22.9 Å². The molecule has 1 aromatic rings. The van der Waals surface area contributed by atoms with Crippen molar-refractivity contribution in [1.82, 2.24) is 0 Å². The van der Waals surface area contributed by atoms with Crippen molar-refractivity contribution in [2.45, 2.75) is 12.3 Å². The van der Waals surface area contributed by atoms with Gasteiger partial charge in [0.15, 0.2) is 0 Å². The van der Waals surface area contributed by atoms with E-state index in [2.05, 4.69) is 0 Å². The molecule has 0 saturated heterocycles. The van der Waals surface area contributed by atoms with Crippen LogP contribution in [0.5, 0.6) is 0 Å². The zero-order chi connectivity index (χ0) is 13.5. The maximum absolute atomic E-state index is 11.2. The second kappa shape index (κ2) is 6.76. The molecule has 0 saturated carbocycles. The van der Waals surface area contributed by atoms with Crippen molar-refractivity contribution in [2.75, 3.05) is 6.61 Å². The summed E-state index contributed by atoms with van der Waals surface area (Å²) in [6.07, 6.45) is 2.77. The van der Waals surface area contributed by atoms with Crippen molar-refractivity contribution in [3.05, 3.63) is 46.0 Å². The Hall–Kier alpha value is -1.88. The van der Waals surface area contributed by atoms with E-state index >= 15 is 0 Å². The Morgan fingerprint density at radius 3 is 2.61 bits per heavy atom. The van der Waals surface area contributed by atoms with Crippen LogP contribution in [0.4, 0.5) is 5.69 Å². The molecule has 18 heavy (non-hydrogen) atoms. The summed E-state index contributed by atoms with van der Waals surface area (Å²) in [5.74, 6) is -0.499. The molecule has 0 aliphatic heterocycles. The van der Waals surface area contributed by atoms with E-state index < -0.39 is 10.9 Å². The van der Waals surface area contributed by atoms with Crippen molar-refractivity contribution in [3.8, 4) is 0 Å². The number of non-ortho nitro benzene ring substituents is 1. The zero-order valence-corrected chi connectivity index (χ0v) is 10.5. The van der Waals surface area contributed by atoms with Crippen molar-refractivity contribution >= 4 is 29.3 Å². The van der Waals surface area contributed by atoms with Crippen molar-refractivity contribution in [3.63, 3.8) is 0 Å². The third-order valence-corrected chi connectivity index (χ3v) is 2.10. The molecule has 96 valence electrons. The highest BCUT2D eigenvalue weighted by atomic mass is 35.5. The lowest BCUT2D eigenvalue weighted by Crippen LogP contribution is -2.09. The molecule has 0 N–H and O–H groups in total. The number of benzene rings is 1. The van der Waals surface area contributed by atoms with Gasteiger partial charge in [0.05, 0.1) is 10.3 Å². The Labute approximate surface area is 109 Å². The largest absolute Gasteiger partial charge is 0.461 e. The van der Waals surface area contributed by atoms with Crippen LogP contribution in [0.2, 0.25) is 0 Å². The van der Waals surface area contributed by atoms with E-state index in [0.717, 1.165) is 0 Å². The summed E-state index contributed by atoms with van der Waals surface area (Å²) in [5.41, 5.74) is 0.683. The van der Waals surface area contributed by atoms with Gasteiger partial charge in [0, 0.05) is 18.2 Å². The zero-order valence-electron chi connectivity index (χ0n) is 9.71. The number of carbonyl (C=O) groups excluding carboxylic acids is 1. The number of alkyl halides is 1. The average Bonchev–Trinajstić information content (AvgIpc) is 2.34. The highest BCUT2D eigenvalue weighted by Gasteiger charge is 2.03. The Kier molecular flexibility index (Phi) is 5.32. The molecule has 6 heteroatoms. The predicted octanol–water partition coefficient (Wildman–Crippen LogP) is 2.78. The minimum Gasteiger partial charge on any atom is -0.461 e. The monoisotopic (exact) mass is 269 g/mol. The molecule has 0 aromatic heterocycles.